The van der Waals surface area contributed by atoms with Gasteiger partial charge in [-0.05, 0) is 51.4 Å². The van der Waals surface area contributed by atoms with Gasteiger partial charge in [0.25, 0.3) is 0 Å². The van der Waals surface area contributed by atoms with Gasteiger partial charge in [0.2, 0.25) is 0 Å². The average molecular weight is 1680 g/mol. The molecule has 10 N–H and O–H groups in total. The number of carbonyl (C=O) groups is 4. The Bertz CT molecular complexity index is 2460. The van der Waals surface area contributed by atoms with Crippen molar-refractivity contribution in [2.75, 3.05) is 26.4 Å². The molecule has 0 bridgehead atoms. The number of hydrogen-bond acceptors (Lipinski definition) is 24. The number of esters is 4. The highest BCUT2D eigenvalue weighted by Crippen LogP contribution is 2.49. The molecule has 18 unspecified atom stereocenters. The predicted octanol–water partition coefficient (Wildman–Crippen LogP) is 17.2. The summed E-state index contributed by atoms with van der Waals surface area (Å²) in [5, 5.41) is 102. The molecule has 116 heavy (non-hydrogen) atoms. The summed E-state index contributed by atoms with van der Waals surface area (Å²) >= 11 is 0. The fraction of sp³-hybridized carbons (Fsp3) is 0.933. The van der Waals surface area contributed by atoms with Crippen LogP contribution in [0.2, 0.25) is 0 Å². The van der Waals surface area contributed by atoms with Crippen molar-refractivity contribution >= 4 is 31.7 Å². The molecule has 0 spiro atoms. The summed E-state index contributed by atoms with van der Waals surface area (Å²) in [6.45, 7) is 5.59. The Morgan fingerprint density at radius 3 is 1.03 bits per heavy atom. The standard InChI is InChI=1S/C90H167O25P/c1-5-9-13-17-21-25-29-33-35-37-41-43-47-51-55-59-63-74(93)107-69-72-78(97)80(99)84(103)90(111-72)114-87-85(112-76(95)65-61-57-53-49-45-39-32-28-24-20-16-12-8-4)81(100)82(101)86(113-89-83(102)79(98)77(96)71(66-91)110-89)88(87)115-116(104,105)108-68-70(109-75(94)64-60-56-52-48-44-38-31-27-23-19-15-11-7-3)67-106-73(92)62-58-54-50-46-42-40-36-34-30-26-22-18-14-10-6-2/h26,30,70-72,77-91,96-103H,5-25,27-29,31-69H2,1-4H3,(H,104,105)/b30-26-. The van der Waals surface area contributed by atoms with Crippen molar-refractivity contribution in [1.82, 2.24) is 0 Å². The zero-order valence-electron chi connectivity index (χ0n) is 72.6. The van der Waals surface area contributed by atoms with Crippen molar-refractivity contribution in [2.24, 2.45) is 0 Å². The Balaban J connectivity index is 1.91. The predicted molar refractivity (Wildman–Crippen MR) is 449 cm³/mol. The Kier molecular flexibility index (Phi) is 64.4. The maximum atomic E-state index is 14.9. The summed E-state index contributed by atoms with van der Waals surface area (Å²) < 4.78 is 73.4. The zero-order chi connectivity index (χ0) is 84.7. The molecule has 3 rings (SSSR count). The molecule has 2 heterocycles. The van der Waals surface area contributed by atoms with Crippen LogP contribution in [0.1, 0.15) is 407 Å². The number of phosphoric ester groups is 1. The molecule has 1 aliphatic carbocycles. The first-order valence-corrected chi connectivity index (χ1v) is 48.4. The van der Waals surface area contributed by atoms with E-state index < -0.39 is 162 Å². The van der Waals surface area contributed by atoms with E-state index in [-0.39, 0.29) is 25.7 Å². The van der Waals surface area contributed by atoms with E-state index in [0.717, 1.165) is 148 Å². The molecule has 0 amide bonds. The first kappa shape index (κ1) is 107. The molecule has 0 aromatic heterocycles. The molecule has 25 nitrogen and oxygen atoms in total. The second-order valence-corrected chi connectivity index (χ2v) is 34.9. The number of aliphatic hydroxyl groups is 9. The molecular formula is C90H167O25P. The van der Waals surface area contributed by atoms with Crippen LogP contribution < -0.4 is 0 Å². The van der Waals surface area contributed by atoms with Crippen molar-refractivity contribution in [1.29, 1.82) is 0 Å². The van der Waals surface area contributed by atoms with E-state index in [0.29, 0.717) is 32.1 Å². The number of ether oxygens (including phenoxy) is 8. The van der Waals surface area contributed by atoms with Crippen molar-refractivity contribution in [2.45, 2.75) is 511 Å². The van der Waals surface area contributed by atoms with Gasteiger partial charge in [-0.3, -0.25) is 28.2 Å². The van der Waals surface area contributed by atoms with Gasteiger partial charge < -0.3 is 88.7 Å². The summed E-state index contributed by atoms with van der Waals surface area (Å²) in [5.41, 5.74) is 0. The van der Waals surface area contributed by atoms with Gasteiger partial charge in [-0.2, -0.15) is 0 Å². The summed E-state index contributed by atoms with van der Waals surface area (Å²) in [7, 11) is -5.80. The van der Waals surface area contributed by atoms with Gasteiger partial charge in [-0.25, -0.2) is 4.57 Å². The second-order valence-electron chi connectivity index (χ2n) is 33.5. The van der Waals surface area contributed by atoms with Gasteiger partial charge >= 0.3 is 31.7 Å². The third-order valence-corrected chi connectivity index (χ3v) is 24.0. The van der Waals surface area contributed by atoms with E-state index in [2.05, 4.69) is 39.8 Å². The van der Waals surface area contributed by atoms with E-state index in [4.69, 9.17) is 46.9 Å². The van der Waals surface area contributed by atoms with Gasteiger partial charge in [0.15, 0.2) is 24.8 Å². The lowest BCUT2D eigenvalue weighted by molar-refractivity contribution is -0.360. The number of carbonyl (C=O) groups excluding carboxylic acids is 4. The smallest absolute Gasteiger partial charge is 0.463 e. The summed E-state index contributed by atoms with van der Waals surface area (Å²) in [6.07, 6.45) is 27.8. The summed E-state index contributed by atoms with van der Waals surface area (Å²) in [4.78, 5) is 66.4. The van der Waals surface area contributed by atoms with Crippen molar-refractivity contribution in [3.05, 3.63) is 12.2 Å². The molecule has 3 fully saturated rings. The lowest BCUT2D eigenvalue weighted by Gasteiger charge is -2.50. The molecule has 682 valence electrons. The van der Waals surface area contributed by atoms with E-state index in [9.17, 15) is 74.6 Å². The van der Waals surface area contributed by atoms with Crippen LogP contribution >= 0.6 is 7.82 Å². The maximum absolute atomic E-state index is 14.9. The number of unbranched alkanes of at least 4 members (excludes halogenated alkanes) is 50. The molecular weight excluding hydrogens is 1510 g/mol. The monoisotopic (exact) mass is 1680 g/mol. The Labute approximate surface area is 699 Å². The van der Waals surface area contributed by atoms with Crippen LogP contribution in [0.4, 0.5) is 0 Å². The number of phosphoric acid groups is 1. The van der Waals surface area contributed by atoms with Gasteiger partial charge in [-0.15, -0.1) is 0 Å². The Hall–Kier alpha value is -2.79. The first-order valence-electron chi connectivity index (χ1n) is 46.9. The van der Waals surface area contributed by atoms with Crippen LogP contribution in [-0.2, 0) is 70.7 Å². The molecule has 18 atom stereocenters. The largest absolute Gasteiger partial charge is 0.472 e. The normalized spacial score (nSPS) is 25.2. The van der Waals surface area contributed by atoms with E-state index in [1.807, 2.05) is 0 Å². The second kappa shape index (κ2) is 69.6. The number of aliphatic hydroxyl groups excluding tert-OH is 9. The number of rotatable bonds is 76. The van der Waals surface area contributed by atoms with Crippen LogP contribution in [0.5, 0.6) is 0 Å². The lowest BCUT2D eigenvalue weighted by atomic mass is 9.84. The van der Waals surface area contributed by atoms with Crippen molar-refractivity contribution in [3.8, 4) is 0 Å². The van der Waals surface area contributed by atoms with E-state index >= 15 is 0 Å². The van der Waals surface area contributed by atoms with E-state index in [1.165, 1.54) is 173 Å². The van der Waals surface area contributed by atoms with E-state index in [1.54, 1.807) is 0 Å². The van der Waals surface area contributed by atoms with Crippen LogP contribution in [-0.4, -0.2) is 205 Å². The SMILES string of the molecule is CCCCCC/C=C\CCCCCCCCCC(=O)OCC(COP(=O)(O)OC1C(OC2OC(CO)C(O)C(O)C2O)C(O)C(O)C(OC(=O)CCCCCCCCCCCCCCC)C1OC1OC(COC(=O)CCCCCCCCCCCCCCCCCC)C(O)C(O)C1O)OC(=O)CCCCCCCCCCCCCCC. The third kappa shape index (κ3) is 49.5. The zero-order valence-corrected chi connectivity index (χ0v) is 73.5. The molecule has 2 aliphatic heterocycles. The van der Waals surface area contributed by atoms with Gasteiger partial charge in [0.05, 0.1) is 13.2 Å². The first-order chi connectivity index (χ1) is 56.2. The van der Waals surface area contributed by atoms with Crippen LogP contribution in [0.3, 0.4) is 0 Å². The summed E-state index contributed by atoms with van der Waals surface area (Å²) in [5.74, 6) is -2.95. The Morgan fingerprint density at radius 2 is 0.647 bits per heavy atom. The molecule has 1 saturated carbocycles. The molecule has 0 aromatic carbocycles. The topological polar surface area (TPSA) is 380 Å². The maximum Gasteiger partial charge on any atom is 0.472 e. The average Bonchev–Trinajstić information content (AvgIpc) is 0.754. The Morgan fingerprint density at radius 1 is 0.336 bits per heavy atom. The van der Waals surface area contributed by atoms with Crippen molar-refractivity contribution < 1.29 is 122 Å². The quantitative estimate of drug-likeness (QED) is 0.00889. The number of hydrogen-bond donors (Lipinski definition) is 10. The minimum Gasteiger partial charge on any atom is -0.463 e. The molecule has 0 aromatic rings. The minimum atomic E-state index is -5.80. The van der Waals surface area contributed by atoms with Gasteiger partial charge in [0, 0.05) is 25.7 Å². The van der Waals surface area contributed by atoms with Gasteiger partial charge in [0.1, 0.15) is 92.6 Å². The van der Waals surface area contributed by atoms with Gasteiger partial charge in [-0.1, -0.05) is 342 Å². The fourth-order valence-corrected chi connectivity index (χ4v) is 16.5. The lowest BCUT2D eigenvalue weighted by Crippen LogP contribution is -2.70. The third-order valence-electron chi connectivity index (χ3n) is 23.0. The summed E-state index contributed by atoms with van der Waals surface area (Å²) in [6, 6.07) is 0. The molecule has 2 saturated heterocycles. The van der Waals surface area contributed by atoms with Crippen LogP contribution in [0, 0.1) is 0 Å². The van der Waals surface area contributed by atoms with Crippen LogP contribution in [0.15, 0.2) is 12.2 Å². The van der Waals surface area contributed by atoms with Crippen molar-refractivity contribution in [3.63, 3.8) is 0 Å². The number of allylic oxidation sites excluding steroid dienone is 2. The molecule has 26 heteroatoms. The molecule has 0 radical (unpaired) electrons. The minimum absolute atomic E-state index is 0.0192. The highest BCUT2D eigenvalue weighted by molar-refractivity contribution is 7.47. The highest BCUT2D eigenvalue weighted by Gasteiger charge is 2.60. The molecule has 3 aliphatic rings. The van der Waals surface area contributed by atoms with Crippen LogP contribution in [0.25, 0.3) is 0 Å². The highest BCUT2D eigenvalue weighted by atomic mass is 31.2. The fourth-order valence-electron chi connectivity index (χ4n) is 15.5.